The topological polar surface area (TPSA) is 35.9 Å². The molecule has 0 saturated carbocycles. The number of hydrogen-bond donors (Lipinski definition) is 0. The zero-order chi connectivity index (χ0) is 77.8. The van der Waals surface area contributed by atoms with Gasteiger partial charge in [0.25, 0.3) is 6.33 Å². The smallest absolute Gasteiger partial charge is 0.269 e. The van der Waals surface area contributed by atoms with Crippen LogP contribution in [-0.2, 0) is 5.41 Å². The predicted octanol–water partition coefficient (Wildman–Crippen LogP) is 19.6. The molecule has 0 aliphatic heterocycles. The average Bonchev–Trinajstić information content (AvgIpc) is 1.09. The Hall–Kier alpha value is -10.4. The Labute approximate surface area is 515 Å². The maximum atomic E-state index is 10.3. The van der Waals surface area contributed by atoms with Crippen LogP contribution >= 0.6 is 0 Å². The number of nitrogens with zero attached hydrogens (tertiary/aromatic N) is 4. The lowest BCUT2D eigenvalue weighted by Gasteiger charge is -2.22. The summed E-state index contributed by atoms with van der Waals surface area (Å²) >= 11 is 0. The summed E-state index contributed by atoms with van der Waals surface area (Å²) in [5, 5.41) is 1.43. The van der Waals surface area contributed by atoms with Gasteiger partial charge in [-0.15, -0.1) is 0 Å². The van der Waals surface area contributed by atoms with E-state index in [2.05, 4.69) is 6.33 Å². The molecule has 5 heteroatoms. The highest BCUT2D eigenvalue weighted by Crippen LogP contribution is 2.41. The fraction of sp³-hybridized carbons (Fsp3) is 0.0649. The molecule has 0 saturated heterocycles. The highest BCUT2D eigenvalue weighted by atomic mass is 16.5. The number of aryl methyl sites for hydroxylation is 1. The van der Waals surface area contributed by atoms with Gasteiger partial charge in [-0.3, -0.25) is 13.7 Å². The zero-order valence-electron chi connectivity index (χ0n) is 70.0. The summed E-state index contributed by atoms with van der Waals surface area (Å²) in [5.41, 5.74) is -0.357. The summed E-state index contributed by atoms with van der Waals surface area (Å²) in [7, 11) is 0. The van der Waals surface area contributed by atoms with Gasteiger partial charge < -0.3 is 4.74 Å². The van der Waals surface area contributed by atoms with Crippen molar-refractivity contribution < 1.29 is 44.9 Å². The third kappa shape index (κ3) is 9.32. The zero-order valence-corrected chi connectivity index (χ0v) is 44.0. The molecule has 0 atom stereocenters. The first-order chi connectivity index (χ1) is 51.0. The molecule has 82 heavy (non-hydrogen) atoms. The third-order valence-corrected chi connectivity index (χ3v) is 14.1. The fourth-order valence-corrected chi connectivity index (χ4v) is 10.2. The van der Waals surface area contributed by atoms with Crippen LogP contribution in [0.3, 0.4) is 0 Å². The molecule has 0 fully saturated rings. The Balaban J connectivity index is 1.03. The minimum absolute atomic E-state index is 0.0133. The summed E-state index contributed by atoms with van der Waals surface area (Å²) in [6, 6.07) is 21.1. The van der Waals surface area contributed by atoms with E-state index in [0.29, 0.717) is 33.2 Å². The molecule has 0 amide bonds. The summed E-state index contributed by atoms with van der Waals surface area (Å²) in [6.07, 6.45) is 4.69. The Bertz CT molecular complexity index is 6040. The number of pyridine rings is 1. The number of benzene rings is 11. The molecule has 0 radical (unpaired) electrons. The Morgan fingerprint density at radius 1 is 0.476 bits per heavy atom. The molecule has 5 nitrogen and oxygen atoms in total. The van der Waals surface area contributed by atoms with Crippen LogP contribution in [0.2, 0.25) is 0 Å². The van der Waals surface area contributed by atoms with Gasteiger partial charge >= 0.3 is 0 Å². The van der Waals surface area contributed by atoms with Gasteiger partial charge in [-0.25, -0.2) is 4.98 Å². The van der Waals surface area contributed by atoms with Gasteiger partial charge in [-0.2, -0.15) is 0 Å². The monoisotopic (exact) mass is 1080 g/mol. The number of ether oxygens (including phenoxy) is 1. The van der Waals surface area contributed by atoms with E-state index in [4.69, 9.17) is 35.8 Å². The molecule has 14 rings (SSSR count). The second kappa shape index (κ2) is 20.7. The maximum Gasteiger partial charge on any atom is 0.269 e. The van der Waals surface area contributed by atoms with Crippen molar-refractivity contribution in [3.8, 4) is 95.5 Å². The molecule has 0 aliphatic rings. The largest absolute Gasteiger partial charge is 0.458 e. The Morgan fingerprint density at radius 2 is 1.09 bits per heavy atom. The number of hydrogen-bond acceptors (Lipinski definition) is 2. The minimum Gasteiger partial charge on any atom is -0.458 e. The summed E-state index contributed by atoms with van der Waals surface area (Å²) in [5.74, 6) is 0.585. The van der Waals surface area contributed by atoms with Crippen LogP contribution in [0.5, 0.6) is 11.5 Å². The van der Waals surface area contributed by atoms with E-state index in [9.17, 15) is 9.60 Å². The van der Waals surface area contributed by atoms with Gasteiger partial charge in [0.2, 0.25) is 0 Å². The highest BCUT2D eigenvalue weighted by Gasteiger charge is 2.24. The molecule has 0 N–H and O–H groups in total. The molecule has 3 heterocycles. The minimum atomic E-state index is -2.89. The first-order valence-electron chi connectivity index (χ1n) is 39.0. The molecule has 0 aliphatic carbocycles. The van der Waals surface area contributed by atoms with Crippen molar-refractivity contribution in [2.24, 2.45) is 0 Å². The van der Waals surface area contributed by atoms with Gasteiger partial charge in [0, 0.05) is 32.7 Å². The van der Waals surface area contributed by atoms with Crippen molar-refractivity contribution >= 4 is 32.8 Å². The molecule has 392 valence electrons. The summed E-state index contributed by atoms with van der Waals surface area (Å²) in [6.45, 7) is 3.16. The second-order valence-electron chi connectivity index (χ2n) is 20.2. The van der Waals surface area contributed by atoms with Crippen molar-refractivity contribution in [2.75, 3.05) is 0 Å². The molecule has 0 unspecified atom stereocenters. The number of aromatic nitrogens is 4. The van der Waals surface area contributed by atoms with Crippen LogP contribution in [0.4, 0.5) is 0 Å². The van der Waals surface area contributed by atoms with E-state index < -0.39 is 173 Å². The number of imidazole rings is 1. The van der Waals surface area contributed by atoms with Crippen molar-refractivity contribution in [2.45, 2.75) is 33.0 Å². The normalized spacial score (nSPS) is 16.3. The maximum absolute atomic E-state index is 10.3. The summed E-state index contributed by atoms with van der Waals surface area (Å²) < 4.78 is 244. The third-order valence-electron chi connectivity index (χ3n) is 14.1. The molecular weight excluding hydrogens is 997 g/mol. The average molecular weight is 1080 g/mol. The second-order valence-corrected chi connectivity index (χ2v) is 20.2. The lowest BCUT2D eigenvalue weighted by atomic mass is 9.84. The predicted molar refractivity (Wildman–Crippen MR) is 338 cm³/mol. The van der Waals surface area contributed by atoms with Crippen molar-refractivity contribution in [1.29, 1.82) is 0 Å². The fourth-order valence-electron chi connectivity index (χ4n) is 10.2. The first kappa shape index (κ1) is 29.2. The number of fused-ring (bicyclic) bond motifs is 4. The van der Waals surface area contributed by atoms with Gasteiger partial charge in [0.1, 0.15) is 17.3 Å². The Morgan fingerprint density at radius 3 is 1.78 bits per heavy atom. The first-order valence-corrected chi connectivity index (χ1v) is 26.0. The van der Waals surface area contributed by atoms with Crippen LogP contribution in [0.15, 0.2) is 279 Å². The number of para-hydroxylation sites is 2. The van der Waals surface area contributed by atoms with Gasteiger partial charge in [0.05, 0.1) is 65.0 Å². The van der Waals surface area contributed by atoms with Gasteiger partial charge in [-0.1, -0.05) is 220 Å². The lowest BCUT2D eigenvalue weighted by Crippen LogP contribution is -2.31. The number of rotatable bonds is 11. The van der Waals surface area contributed by atoms with E-state index in [1.165, 1.54) is 18.3 Å². The van der Waals surface area contributed by atoms with E-state index in [1.54, 1.807) is 86.5 Å². The van der Waals surface area contributed by atoms with Crippen molar-refractivity contribution in [1.82, 2.24) is 14.1 Å². The summed E-state index contributed by atoms with van der Waals surface area (Å²) in [4.78, 5) is 4.71. The van der Waals surface area contributed by atoms with Crippen LogP contribution < -0.4 is 9.30 Å². The molecule has 0 spiro atoms. The SMILES string of the molecule is [2H]c1c([2H])c([2H])c(-c2ccc3c(c2)n(-c2cccc(Oc4ccc5c6ccccc6n(-c6cc(C([2H])([2H])[2H])c(-c7c([2H])c([2H])c([2H])c([2H])c7[2H])cn6)c5c4)c2)[c-][n+]3-c2c(-c3cccc(C(C)(C)C)c3)cccc2-c2c([2H])c(-c3c([2H])c([2H])c([2H])c([2H])c3[2H])c([2H])c(-c3c([2H])c([2H])c([2H])c([2H])c3[2H])c2[2H])c([2H])c1[2H]. The van der Waals surface area contributed by atoms with E-state index in [1.807, 2.05) is 69.3 Å². The van der Waals surface area contributed by atoms with Crippen LogP contribution in [-0.4, -0.2) is 14.1 Å². The molecular formula is C77H58N4O. The lowest BCUT2D eigenvalue weighted by molar-refractivity contribution is -0.571. The van der Waals surface area contributed by atoms with E-state index in [0.717, 1.165) is 10.9 Å². The Kier molecular flexibility index (Phi) is 7.37. The quantitative estimate of drug-likeness (QED) is 0.0956. The van der Waals surface area contributed by atoms with Crippen LogP contribution in [0.25, 0.3) is 117 Å². The molecule has 14 aromatic rings. The van der Waals surface area contributed by atoms with E-state index >= 15 is 0 Å². The molecule has 0 bridgehead atoms. The molecule has 3 aromatic heterocycles. The molecule has 11 aromatic carbocycles. The van der Waals surface area contributed by atoms with Crippen molar-refractivity contribution in [3.63, 3.8) is 0 Å². The van der Waals surface area contributed by atoms with Crippen molar-refractivity contribution in [3.05, 3.63) is 296 Å². The van der Waals surface area contributed by atoms with Gasteiger partial charge in [0.15, 0.2) is 0 Å². The van der Waals surface area contributed by atoms with E-state index in [-0.39, 0.29) is 73.0 Å². The van der Waals surface area contributed by atoms with Crippen LogP contribution in [0.1, 0.15) is 67.5 Å². The van der Waals surface area contributed by atoms with Crippen LogP contribution in [0, 0.1) is 13.2 Å². The highest BCUT2D eigenvalue weighted by molar-refractivity contribution is 6.09. The van der Waals surface area contributed by atoms with Gasteiger partial charge in [-0.05, 0) is 151 Å². The standard InChI is InChI=1S/C77H58N4O/c1-52-42-75(78-50-70(52)56-28-15-8-16-29-56)81-71-37-18-17-34-68(71)69-40-39-65(49-73(69)81)82-64-33-20-32-63(48-64)79-51-80(72-41-38-57(47-74(72)79)53-22-9-5-10-23-53)76-66(58-30-19-31-62(46-58)77(2,3)4)35-21-36-67(76)61-44-59(54-24-11-6-12-25-54)43-60(45-61)55-26-13-7-14-27-55/h5-50H,1-4H3/i1D3,5D,6D,7D,8D,9D,10D,11D,12D,13D,14D,15D,16D,22D,23D,24D,25D,26D,27D,28D,29D,43D,44D,45D.